The molecule has 7 nitrogen and oxygen atoms in total. The molecule has 8 heteroatoms. The van der Waals surface area contributed by atoms with Gasteiger partial charge in [-0.3, -0.25) is 9.59 Å². The van der Waals surface area contributed by atoms with Crippen LogP contribution in [0.4, 0.5) is 5.69 Å². The smallest absolute Gasteiger partial charge is 0.267 e. The van der Waals surface area contributed by atoms with Gasteiger partial charge in [0, 0.05) is 17.6 Å². The highest BCUT2D eigenvalue weighted by atomic mass is 35.5. The second-order valence-electron chi connectivity index (χ2n) is 9.05. The Hall–Kier alpha value is -3.16. The minimum atomic E-state index is -2.13. The highest BCUT2D eigenvalue weighted by molar-refractivity contribution is 6.31. The molecule has 0 spiro atoms. The Bertz CT molecular complexity index is 1390. The van der Waals surface area contributed by atoms with Gasteiger partial charge < -0.3 is 19.2 Å². The summed E-state index contributed by atoms with van der Waals surface area (Å²) in [6.45, 7) is 5.61. The Balaban J connectivity index is 1.83. The zero-order valence-electron chi connectivity index (χ0n) is 18.0. The number of halogens is 1. The van der Waals surface area contributed by atoms with E-state index in [1.165, 1.54) is 11.0 Å². The SMILES string of the molecule is CN1C(=O)[C@](O)([C@@H]2OC(=NC(C)(C)C)c3oc4ccc(Cl)cc4c(=O)c32)c2ccccc21. The van der Waals surface area contributed by atoms with Crippen molar-refractivity contribution < 1.29 is 19.1 Å². The Morgan fingerprint density at radius 2 is 1.88 bits per heavy atom. The van der Waals surface area contributed by atoms with E-state index in [2.05, 4.69) is 4.99 Å². The van der Waals surface area contributed by atoms with Crippen LogP contribution in [0.3, 0.4) is 0 Å². The average molecular weight is 453 g/mol. The summed E-state index contributed by atoms with van der Waals surface area (Å²) in [5, 5.41) is 12.4. The molecule has 32 heavy (non-hydrogen) atoms. The molecule has 5 rings (SSSR count). The number of likely N-dealkylation sites (N-methyl/N-ethyl adjacent to an activating group) is 1. The second-order valence-corrected chi connectivity index (χ2v) is 9.48. The van der Waals surface area contributed by atoms with Crippen molar-refractivity contribution in [3.63, 3.8) is 0 Å². The van der Waals surface area contributed by atoms with E-state index in [-0.39, 0.29) is 22.6 Å². The van der Waals surface area contributed by atoms with E-state index in [9.17, 15) is 14.7 Å². The summed E-state index contributed by atoms with van der Waals surface area (Å²) in [5.41, 5.74) is -1.87. The third-order valence-electron chi connectivity index (χ3n) is 5.70. The molecule has 2 aromatic carbocycles. The molecule has 3 aromatic rings. The molecule has 0 unspecified atom stereocenters. The number of aliphatic imine (C=N–C) groups is 1. The molecule has 164 valence electrons. The summed E-state index contributed by atoms with van der Waals surface area (Å²) in [7, 11) is 1.57. The van der Waals surface area contributed by atoms with Gasteiger partial charge in [-0.25, -0.2) is 4.99 Å². The number of carbonyl (C=O) groups is 1. The number of nitrogens with zero attached hydrogens (tertiary/aromatic N) is 2. The van der Waals surface area contributed by atoms with Gasteiger partial charge in [0.25, 0.3) is 11.8 Å². The van der Waals surface area contributed by atoms with E-state index in [1.54, 1.807) is 43.4 Å². The molecular weight excluding hydrogens is 432 g/mol. The summed E-state index contributed by atoms with van der Waals surface area (Å²) in [6, 6.07) is 11.6. The van der Waals surface area contributed by atoms with Crippen molar-refractivity contribution >= 4 is 40.1 Å². The lowest BCUT2D eigenvalue weighted by atomic mass is 9.85. The average Bonchev–Trinajstić information content (AvgIpc) is 3.18. The maximum Gasteiger partial charge on any atom is 0.267 e. The molecule has 0 saturated carbocycles. The molecule has 0 radical (unpaired) electrons. The van der Waals surface area contributed by atoms with Gasteiger partial charge in [-0.1, -0.05) is 29.8 Å². The number of carbonyl (C=O) groups excluding carboxylic acids is 1. The number of hydrogen-bond acceptors (Lipinski definition) is 6. The summed E-state index contributed by atoms with van der Waals surface area (Å²) < 4.78 is 12.1. The first kappa shape index (κ1) is 20.7. The van der Waals surface area contributed by atoms with E-state index in [0.717, 1.165) is 0 Å². The monoisotopic (exact) mass is 452 g/mol. The van der Waals surface area contributed by atoms with Crippen LogP contribution in [0.1, 0.15) is 43.8 Å². The predicted molar refractivity (Wildman–Crippen MR) is 121 cm³/mol. The second kappa shape index (κ2) is 6.67. The van der Waals surface area contributed by atoms with Crippen LogP contribution in [-0.4, -0.2) is 29.5 Å². The van der Waals surface area contributed by atoms with Crippen molar-refractivity contribution in [3.05, 3.63) is 74.6 Å². The number of benzene rings is 2. The van der Waals surface area contributed by atoms with Crippen molar-refractivity contribution in [2.24, 2.45) is 4.99 Å². The number of fused-ring (bicyclic) bond motifs is 3. The number of amides is 1. The van der Waals surface area contributed by atoms with Crippen LogP contribution in [0.15, 0.2) is 56.7 Å². The van der Waals surface area contributed by atoms with Gasteiger partial charge in [0.15, 0.2) is 11.9 Å². The molecule has 2 aliphatic heterocycles. The molecule has 1 aromatic heterocycles. The quantitative estimate of drug-likeness (QED) is 0.604. The maximum atomic E-state index is 13.6. The number of para-hydroxylation sites is 1. The molecule has 2 atom stereocenters. The van der Waals surface area contributed by atoms with E-state index in [0.29, 0.717) is 21.9 Å². The molecule has 0 bridgehead atoms. The summed E-state index contributed by atoms with van der Waals surface area (Å²) in [6.07, 6.45) is -1.34. The van der Waals surface area contributed by atoms with Crippen LogP contribution < -0.4 is 10.3 Å². The standard InChI is InChI=1S/C24H21ClN2O5/c1-23(2,3)26-21-19-17(18(28)13-11-12(25)9-10-16(13)31-19)20(32-21)24(30)14-7-5-6-8-15(14)27(4)22(24)29/h5-11,20,30H,1-4H3/t20-,24-/m1/s1. The highest BCUT2D eigenvalue weighted by Crippen LogP contribution is 2.51. The number of anilines is 1. The van der Waals surface area contributed by atoms with Crippen molar-refractivity contribution in [1.29, 1.82) is 0 Å². The third-order valence-corrected chi connectivity index (χ3v) is 5.93. The van der Waals surface area contributed by atoms with E-state index in [4.69, 9.17) is 20.8 Å². The van der Waals surface area contributed by atoms with E-state index < -0.39 is 28.6 Å². The van der Waals surface area contributed by atoms with Gasteiger partial charge in [-0.05, 0) is 45.0 Å². The van der Waals surface area contributed by atoms with Gasteiger partial charge in [0.2, 0.25) is 11.0 Å². The topological polar surface area (TPSA) is 92.3 Å². The summed E-state index contributed by atoms with van der Waals surface area (Å²) in [5.74, 6) is -0.421. The minimum absolute atomic E-state index is 0.0451. The third kappa shape index (κ3) is 2.81. The van der Waals surface area contributed by atoms with Crippen molar-refractivity contribution in [2.45, 2.75) is 38.0 Å². The Kier molecular flexibility index (Phi) is 4.32. The lowest BCUT2D eigenvalue weighted by molar-refractivity contribution is -0.147. The number of rotatable bonds is 1. The number of ether oxygens (including phenoxy) is 1. The number of hydrogen-bond donors (Lipinski definition) is 1. The molecule has 0 fully saturated rings. The molecule has 1 amide bonds. The normalized spacial score (nSPS) is 23.6. The van der Waals surface area contributed by atoms with Crippen LogP contribution in [0.5, 0.6) is 0 Å². The first-order chi connectivity index (χ1) is 15.0. The predicted octanol–water partition coefficient (Wildman–Crippen LogP) is 3.93. The molecule has 1 N–H and O–H groups in total. The lowest BCUT2D eigenvalue weighted by Crippen LogP contribution is -2.44. The van der Waals surface area contributed by atoms with Crippen LogP contribution in [-0.2, 0) is 15.1 Å². The largest absolute Gasteiger partial charge is 0.463 e. The Labute approximate surface area is 188 Å². The number of aliphatic hydroxyl groups is 1. The summed E-state index contributed by atoms with van der Waals surface area (Å²) >= 11 is 6.11. The van der Waals surface area contributed by atoms with Crippen LogP contribution in [0, 0.1) is 0 Å². The van der Waals surface area contributed by atoms with Crippen molar-refractivity contribution in [3.8, 4) is 0 Å². The van der Waals surface area contributed by atoms with Gasteiger partial charge in [0.05, 0.1) is 22.2 Å². The van der Waals surface area contributed by atoms with Crippen LogP contribution in [0.2, 0.25) is 5.02 Å². The van der Waals surface area contributed by atoms with Crippen molar-refractivity contribution in [1.82, 2.24) is 0 Å². The van der Waals surface area contributed by atoms with Gasteiger partial charge in [-0.2, -0.15) is 0 Å². The first-order valence-electron chi connectivity index (χ1n) is 10.2. The van der Waals surface area contributed by atoms with Crippen LogP contribution >= 0.6 is 11.6 Å². The molecule has 2 aliphatic rings. The zero-order chi connectivity index (χ0) is 23.0. The maximum absolute atomic E-state index is 13.6. The molecule has 0 saturated heterocycles. The zero-order valence-corrected chi connectivity index (χ0v) is 18.7. The van der Waals surface area contributed by atoms with Crippen molar-refractivity contribution in [2.75, 3.05) is 11.9 Å². The molecule has 0 aliphatic carbocycles. The highest BCUT2D eigenvalue weighted by Gasteiger charge is 2.60. The Morgan fingerprint density at radius 3 is 2.59 bits per heavy atom. The van der Waals surface area contributed by atoms with Gasteiger partial charge in [-0.15, -0.1) is 0 Å². The fourth-order valence-corrected chi connectivity index (χ4v) is 4.47. The van der Waals surface area contributed by atoms with Crippen LogP contribution in [0.25, 0.3) is 11.0 Å². The van der Waals surface area contributed by atoms with Gasteiger partial charge >= 0.3 is 0 Å². The molecule has 3 heterocycles. The summed E-state index contributed by atoms with van der Waals surface area (Å²) in [4.78, 5) is 32.8. The Morgan fingerprint density at radius 1 is 1.16 bits per heavy atom. The van der Waals surface area contributed by atoms with Gasteiger partial charge in [0.1, 0.15) is 5.58 Å². The minimum Gasteiger partial charge on any atom is -0.463 e. The fraction of sp³-hybridized carbons (Fsp3) is 0.292. The fourth-order valence-electron chi connectivity index (χ4n) is 4.30. The lowest BCUT2D eigenvalue weighted by Gasteiger charge is -2.28. The van der Waals surface area contributed by atoms with E-state index in [1.807, 2.05) is 20.8 Å². The van der Waals surface area contributed by atoms with E-state index >= 15 is 0 Å². The first-order valence-corrected chi connectivity index (χ1v) is 10.5. The molecular formula is C24H21ClN2O5.